The number of carbonyl (C=O) groups excluding carboxylic acids is 1. The number of carbonyl (C=O) groups is 1. The van der Waals surface area contributed by atoms with E-state index < -0.39 is 12.1 Å². The zero-order valence-electron chi connectivity index (χ0n) is 8.40. The molecule has 0 spiro atoms. The highest BCUT2D eigenvalue weighted by Gasteiger charge is 2.27. The van der Waals surface area contributed by atoms with E-state index in [1.165, 1.54) is 7.11 Å². The van der Waals surface area contributed by atoms with Crippen molar-refractivity contribution >= 4 is 21.9 Å². The Hall–Kier alpha value is -1.27. The van der Waals surface area contributed by atoms with E-state index in [1.807, 2.05) is 0 Å². The standard InChI is InChI=1S/C10H9BrO5/c1-14-10(13)8(12)6-2-5(11)3-7-9(6)16-4-15-7/h2-3,8,12H,4H2,1H3. The summed E-state index contributed by atoms with van der Waals surface area (Å²) in [6, 6.07) is 3.30. The lowest BCUT2D eigenvalue weighted by atomic mass is 10.1. The molecule has 6 heteroatoms. The van der Waals surface area contributed by atoms with Crippen molar-refractivity contribution in [2.45, 2.75) is 6.10 Å². The molecular formula is C10H9BrO5. The summed E-state index contributed by atoms with van der Waals surface area (Å²) in [6.07, 6.45) is -1.38. The Morgan fingerprint density at radius 1 is 1.56 bits per heavy atom. The number of fused-ring (bicyclic) bond motifs is 1. The van der Waals surface area contributed by atoms with Gasteiger partial charge in [-0.25, -0.2) is 4.79 Å². The molecule has 0 saturated heterocycles. The topological polar surface area (TPSA) is 65.0 Å². The number of benzene rings is 1. The van der Waals surface area contributed by atoms with Crippen LogP contribution in [0.3, 0.4) is 0 Å². The lowest BCUT2D eigenvalue weighted by molar-refractivity contribution is -0.150. The van der Waals surface area contributed by atoms with Gasteiger partial charge < -0.3 is 19.3 Å². The SMILES string of the molecule is COC(=O)C(O)c1cc(Br)cc2c1OCO2. The zero-order chi connectivity index (χ0) is 11.7. The second kappa shape index (κ2) is 4.31. The van der Waals surface area contributed by atoms with Crippen molar-refractivity contribution in [3.63, 3.8) is 0 Å². The molecule has 16 heavy (non-hydrogen) atoms. The predicted octanol–water partition coefficient (Wildman–Crippen LogP) is 1.38. The van der Waals surface area contributed by atoms with Crippen LogP contribution in [0.1, 0.15) is 11.7 Å². The van der Waals surface area contributed by atoms with Crippen LogP contribution in [0.25, 0.3) is 0 Å². The number of rotatable bonds is 2. The van der Waals surface area contributed by atoms with Crippen molar-refractivity contribution in [2.24, 2.45) is 0 Å². The maximum atomic E-state index is 11.2. The van der Waals surface area contributed by atoms with Gasteiger partial charge in [0.05, 0.1) is 7.11 Å². The highest BCUT2D eigenvalue weighted by atomic mass is 79.9. The Kier molecular flexibility index (Phi) is 3.02. The molecule has 0 amide bonds. The van der Waals surface area contributed by atoms with E-state index in [2.05, 4.69) is 20.7 Å². The van der Waals surface area contributed by atoms with E-state index >= 15 is 0 Å². The maximum Gasteiger partial charge on any atom is 0.339 e. The molecule has 0 aromatic heterocycles. The molecule has 0 saturated carbocycles. The van der Waals surface area contributed by atoms with Gasteiger partial charge in [0.15, 0.2) is 17.6 Å². The van der Waals surface area contributed by atoms with Crippen LogP contribution in [0.2, 0.25) is 0 Å². The Bertz CT molecular complexity index is 431. The predicted molar refractivity (Wildman–Crippen MR) is 57.2 cm³/mol. The fourth-order valence-electron chi connectivity index (χ4n) is 1.44. The molecule has 1 aromatic rings. The van der Waals surface area contributed by atoms with E-state index in [4.69, 9.17) is 9.47 Å². The third-order valence-electron chi connectivity index (χ3n) is 2.19. The normalized spacial score (nSPS) is 14.7. The van der Waals surface area contributed by atoms with Crippen LogP contribution in [0.15, 0.2) is 16.6 Å². The van der Waals surface area contributed by atoms with Gasteiger partial charge in [0.2, 0.25) is 6.79 Å². The van der Waals surface area contributed by atoms with E-state index in [0.29, 0.717) is 21.5 Å². The van der Waals surface area contributed by atoms with E-state index in [1.54, 1.807) is 12.1 Å². The van der Waals surface area contributed by atoms with Crippen LogP contribution in [0, 0.1) is 0 Å². The summed E-state index contributed by atoms with van der Waals surface area (Å²) < 4.78 is 15.5. The quantitative estimate of drug-likeness (QED) is 0.833. The number of esters is 1. The Morgan fingerprint density at radius 3 is 3.00 bits per heavy atom. The van der Waals surface area contributed by atoms with E-state index in [-0.39, 0.29) is 6.79 Å². The first-order valence-corrected chi connectivity index (χ1v) is 5.27. The number of methoxy groups -OCH3 is 1. The third kappa shape index (κ3) is 1.85. The number of hydrogen-bond acceptors (Lipinski definition) is 5. The molecule has 1 unspecified atom stereocenters. The molecule has 0 aliphatic carbocycles. The lowest BCUT2D eigenvalue weighted by Gasteiger charge is -2.11. The van der Waals surface area contributed by atoms with Crippen LogP contribution in [0.5, 0.6) is 11.5 Å². The Labute approximate surface area is 100 Å². The first-order valence-electron chi connectivity index (χ1n) is 4.48. The Morgan fingerprint density at radius 2 is 2.31 bits per heavy atom. The van der Waals surface area contributed by atoms with E-state index in [0.717, 1.165) is 0 Å². The Balaban J connectivity index is 2.44. The maximum absolute atomic E-state index is 11.2. The molecule has 1 atom stereocenters. The number of aliphatic hydroxyl groups is 1. The highest BCUT2D eigenvalue weighted by Crippen LogP contribution is 2.41. The molecule has 2 rings (SSSR count). The summed E-state index contributed by atoms with van der Waals surface area (Å²) in [5, 5.41) is 9.75. The summed E-state index contributed by atoms with van der Waals surface area (Å²) in [7, 11) is 1.21. The first kappa shape index (κ1) is 11.2. The molecule has 1 heterocycles. The molecule has 0 bridgehead atoms. The van der Waals surface area contributed by atoms with Gasteiger partial charge in [-0.15, -0.1) is 0 Å². The van der Waals surface area contributed by atoms with Crippen molar-refractivity contribution in [3.05, 3.63) is 22.2 Å². The van der Waals surface area contributed by atoms with Crippen molar-refractivity contribution in [2.75, 3.05) is 13.9 Å². The number of halogens is 1. The molecule has 86 valence electrons. The van der Waals surface area contributed by atoms with Gasteiger partial charge in [-0.3, -0.25) is 0 Å². The van der Waals surface area contributed by atoms with Crippen LogP contribution >= 0.6 is 15.9 Å². The molecule has 5 nitrogen and oxygen atoms in total. The summed E-state index contributed by atoms with van der Waals surface area (Å²) >= 11 is 3.26. The van der Waals surface area contributed by atoms with Gasteiger partial charge >= 0.3 is 5.97 Å². The van der Waals surface area contributed by atoms with Crippen LogP contribution in [0.4, 0.5) is 0 Å². The smallest absolute Gasteiger partial charge is 0.339 e. The van der Waals surface area contributed by atoms with Gasteiger partial charge in [-0.1, -0.05) is 15.9 Å². The second-order valence-corrected chi connectivity index (χ2v) is 4.07. The molecule has 1 aliphatic heterocycles. The van der Waals surface area contributed by atoms with E-state index in [9.17, 15) is 9.90 Å². The zero-order valence-corrected chi connectivity index (χ0v) is 9.98. The summed E-state index contributed by atoms with van der Waals surface area (Å²) in [5.74, 6) is 0.129. The molecule has 1 N–H and O–H groups in total. The van der Waals surface area contributed by atoms with Crippen molar-refractivity contribution in [3.8, 4) is 11.5 Å². The van der Waals surface area contributed by atoms with Gasteiger partial charge in [0.25, 0.3) is 0 Å². The highest BCUT2D eigenvalue weighted by molar-refractivity contribution is 9.10. The minimum atomic E-state index is -1.38. The monoisotopic (exact) mass is 288 g/mol. The fraction of sp³-hybridized carbons (Fsp3) is 0.300. The number of aliphatic hydroxyl groups excluding tert-OH is 1. The molecular weight excluding hydrogens is 280 g/mol. The van der Waals surface area contributed by atoms with Crippen LogP contribution < -0.4 is 9.47 Å². The molecule has 0 radical (unpaired) electrons. The van der Waals surface area contributed by atoms with Crippen LogP contribution in [-0.2, 0) is 9.53 Å². The van der Waals surface area contributed by atoms with Gasteiger partial charge in [-0.05, 0) is 12.1 Å². The fourth-order valence-corrected chi connectivity index (χ4v) is 1.90. The number of hydrogen-bond donors (Lipinski definition) is 1. The van der Waals surface area contributed by atoms with Gasteiger partial charge in [0, 0.05) is 10.0 Å². The van der Waals surface area contributed by atoms with Crippen molar-refractivity contribution < 1.29 is 24.1 Å². The largest absolute Gasteiger partial charge is 0.467 e. The summed E-state index contributed by atoms with van der Waals surface area (Å²) in [5.41, 5.74) is 0.328. The minimum Gasteiger partial charge on any atom is -0.467 e. The third-order valence-corrected chi connectivity index (χ3v) is 2.64. The van der Waals surface area contributed by atoms with Crippen molar-refractivity contribution in [1.82, 2.24) is 0 Å². The molecule has 1 aromatic carbocycles. The lowest BCUT2D eigenvalue weighted by Crippen LogP contribution is -2.14. The summed E-state index contributed by atoms with van der Waals surface area (Å²) in [6.45, 7) is 0.0761. The second-order valence-electron chi connectivity index (χ2n) is 3.15. The molecule has 1 aliphatic rings. The number of ether oxygens (including phenoxy) is 3. The van der Waals surface area contributed by atoms with Gasteiger partial charge in [0.1, 0.15) is 0 Å². The van der Waals surface area contributed by atoms with Crippen molar-refractivity contribution in [1.29, 1.82) is 0 Å². The average Bonchev–Trinajstić information content (AvgIpc) is 2.73. The average molecular weight is 289 g/mol. The first-order chi connectivity index (χ1) is 7.63. The van der Waals surface area contributed by atoms with Gasteiger partial charge in [-0.2, -0.15) is 0 Å². The van der Waals surface area contributed by atoms with Crippen LogP contribution in [-0.4, -0.2) is 25.0 Å². The molecule has 0 fully saturated rings. The minimum absolute atomic E-state index is 0.0761. The summed E-state index contributed by atoms with van der Waals surface area (Å²) in [4.78, 5) is 11.2.